The number of methoxy groups -OCH3 is 2. The van der Waals surface area contributed by atoms with E-state index in [1.54, 1.807) is 20.3 Å². The van der Waals surface area contributed by atoms with Crippen LogP contribution in [0.25, 0.3) is 0 Å². The van der Waals surface area contributed by atoms with Crippen molar-refractivity contribution < 1.29 is 23.7 Å². The van der Waals surface area contributed by atoms with Gasteiger partial charge in [-0.1, -0.05) is 18.2 Å². The Labute approximate surface area is 124 Å². The third-order valence-electron chi connectivity index (χ3n) is 4.93. The lowest BCUT2D eigenvalue weighted by molar-refractivity contribution is -0.126. The number of rotatable bonds is 6. The van der Waals surface area contributed by atoms with Gasteiger partial charge in [-0.15, -0.1) is 0 Å². The molecule has 0 heterocycles. The minimum absolute atomic E-state index is 0.0100. The van der Waals surface area contributed by atoms with Gasteiger partial charge in [0, 0.05) is 20.1 Å². The third-order valence-corrected chi connectivity index (χ3v) is 4.93. The lowest BCUT2D eigenvalue weighted by Crippen LogP contribution is -2.39. The predicted octanol–water partition coefficient (Wildman–Crippen LogP) is 1.69. The zero-order valence-corrected chi connectivity index (χ0v) is 12.5. The fourth-order valence-corrected chi connectivity index (χ4v) is 4.04. The van der Waals surface area contributed by atoms with Gasteiger partial charge in [-0.05, 0) is 24.8 Å². The number of ketones is 1. The number of ether oxygens (including phenoxy) is 4. The highest BCUT2D eigenvalue weighted by molar-refractivity contribution is 6.00. The zero-order valence-electron chi connectivity index (χ0n) is 12.5. The molecule has 5 nitrogen and oxygen atoms in total. The largest absolute Gasteiger partial charge is 0.359 e. The Balaban J connectivity index is 1.79. The Morgan fingerprint density at radius 2 is 1.90 bits per heavy atom. The molecule has 3 aliphatic rings. The molecule has 3 rings (SSSR count). The van der Waals surface area contributed by atoms with Crippen molar-refractivity contribution in [1.29, 1.82) is 0 Å². The lowest BCUT2D eigenvalue weighted by Gasteiger charge is -2.36. The summed E-state index contributed by atoms with van der Waals surface area (Å²) in [5.41, 5.74) is -0.425. The number of carbonyl (C=O) groups is 1. The second-order valence-corrected chi connectivity index (χ2v) is 5.93. The van der Waals surface area contributed by atoms with Gasteiger partial charge >= 0.3 is 0 Å². The Morgan fingerprint density at radius 3 is 2.67 bits per heavy atom. The first-order valence-corrected chi connectivity index (χ1v) is 7.35. The molecule has 1 fully saturated rings. The molecule has 0 aromatic rings. The quantitative estimate of drug-likeness (QED) is 0.551. The van der Waals surface area contributed by atoms with Gasteiger partial charge in [-0.2, -0.15) is 0 Å². The van der Waals surface area contributed by atoms with Crippen molar-refractivity contribution in [2.24, 2.45) is 17.3 Å². The van der Waals surface area contributed by atoms with E-state index in [0.29, 0.717) is 0 Å². The topological polar surface area (TPSA) is 54.0 Å². The Bertz CT molecular complexity index is 458. The van der Waals surface area contributed by atoms with E-state index in [1.165, 1.54) is 0 Å². The number of allylic oxidation sites excluding steroid dienone is 2. The summed E-state index contributed by atoms with van der Waals surface area (Å²) in [6.45, 7) is 0.535. The Kier molecular flexibility index (Phi) is 4.26. The summed E-state index contributed by atoms with van der Waals surface area (Å²) in [4.78, 5) is 12.5. The van der Waals surface area contributed by atoms with Crippen molar-refractivity contribution >= 4 is 5.78 Å². The third kappa shape index (κ3) is 2.38. The molecular formula is C16H22O5. The molecule has 0 N–H and O–H groups in total. The van der Waals surface area contributed by atoms with E-state index in [1.807, 2.05) is 18.2 Å². The molecule has 5 heteroatoms. The predicted molar refractivity (Wildman–Crippen MR) is 75.4 cm³/mol. The van der Waals surface area contributed by atoms with Crippen LogP contribution in [-0.2, 0) is 23.7 Å². The average Bonchev–Trinajstić information content (AvgIpc) is 2.98. The van der Waals surface area contributed by atoms with Crippen LogP contribution in [0.1, 0.15) is 12.8 Å². The molecule has 0 radical (unpaired) electrons. The summed E-state index contributed by atoms with van der Waals surface area (Å²) in [5.74, 6) is 0.561. The standard InChI is InChI=1S/C16H22O5/c1-18-9-20-12-5-6-16-11(7-12)8-14(21-10-19-2)13(16)3-4-15(16)17/h3-6,11-14H,7-10H2,1-2H3/t11-,12-,13-,14-,16+/m0/s1. The van der Waals surface area contributed by atoms with Crippen molar-refractivity contribution in [3.8, 4) is 0 Å². The summed E-state index contributed by atoms with van der Waals surface area (Å²) in [5, 5.41) is 0. The fraction of sp³-hybridized carbons (Fsp3) is 0.688. The van der Waals surface area contributed by atoms with Crippen LogP contribution < -0.4 is 0 Å². The van der Waals surface area contributed by atoms with Gasteiger partial charge in [0.1, 0.15) is 13.6 Å². The van der Waals surface area contributed by atoms with Crippen LogP contribution in [0.2, 0.25) is 0 Å². The molecule has 5 atom stereocenters. The maximum atomic E-state index is 12.5. The van der Waals surface area contributed by atoms with E-state index in [2.05, 4.69) is 0 Å². The van der Waals surface area contributed by atoms with Crippen LogP contribution in [0.5, 0.6) is 0 Å². The van der Waals surface area contributed by atoms with Crippen LogP contribution in [0, 0.1) is 17.3 Å². The van der Waals surface area contributed by atoms with Gasteiger partial charge in [0.25, 0.3) is 0 Å². The Morgan fingerprint density at radius 1 is 1.14 bits per heavy atom. The number of hydrogen-bond donors (Lipinski definition) is 0. The fourth-order valence-electron chi connectivity index (χ4n) is 4.04. The molecule has 0 amide bonds. The van der Waals surface area contributed by atoms with E-state index in [4.69, 9.17) is 18.9 Å². The highest BCUT2D eigenvalue weighted by atomic mass is 16.7. The van der Waals surface area contributed by atoms with Crippen molar-refractivity contribution in [3.05, 3.63) is 24.3 Å². The molecule has 116 valence electrons. The lowest BCUT2D eigenvalue weighted by atomic mass is 9.67. The van der Waals surface area contributed by atoms with E-state index < -0.39 is 5.41 Å². The van der Waals surface area contributed by atoms with Gasteiger partial charge < -0.3 is 18.9 Å². The van der Waals surface area contributed by atoms with E-state index >= 15 is 0 Å². The highest BCUT2D eigenvalue weighted by Gasteiger charge is 2.60. The molecule has 21 heavy (non-hydrogen) atoms. The van der Waals surface area contributed by atoms with Crippen LogP contribution >= 0.6 is 0 Å². The molecule has 0 aromatic heterocycles. The molecular weight excluding hydrogens is 272 g/mol. The molecule has 0 bridgehead atoms. The SMILES string of the molecule is COCO[C@H]1C[C@@H]2C[C@@H](OCOC)C=C[C@@]23C(=O)C=C[C@@H]13. The van der Waals surface area contributed by atoms with Gasteiger partial charge in [0.2, 0.25) is 0 Å². The summed E-state index contributed by atoms with van der Waals surface area (Å²) in [6, 6.07) is 0. The smallest absolute Gasteiger partial charge is 0.166 e. The molecule has 1 spiro atoms. The number of carbonyl (C=O) groups excluding carboxylic acids is 1. The van der Waals surface area contributed by atoms with Crippen molar-refractivity contribution in [2.75, 3.05) is 27.8 Å². The summed E-state index contributed by atoms with van der Waals surface area (Å²) in [7, 11) is 3.22. The van der Waals surface area contributed by atoms with Crippen LogP contribution in [-0.4, -0.2) is 45.8 Å². The first kappa shape index (κ1) is 14.9. The number of hydrogen-bond acceptors (Lipinski definition) is 5. The summed E-state index contributed by atoms with van der Waals surface area (Å²) >= 11 is 0. The first-order valence-electron chi connectivity index (χ1n) is 7.35. The van der Waals surface area contributed by atoms with Gasteiger partial charge in [0.05, 0.1) is 17.6 Å². The van der Waals surface area contributed by atoms with Crippen molar-refractivity contribution in [3.63, 3.8) is 0 Å². The maximum Gasteiger partial charge on any atom is 0.166 e. The van der Waals surface area contributed by atoms with Gasteiger partial charge in [-0.3, -0.25) is 4.79 Å². The summed E-state index contributed by atoms with van der Waals surface area (Å²) in [6.07, 6.45) is 9.50. The molecule has 1 saturated carbocycles. The summed E-state index contributed by atoms with van der Waals surface area (Å²) < 4.78 is 21.4. The molecule has 3 aliphatic carbocycles. The van der Waals surface area contributed by atoms with E-state index in [0.717, 1.165) is 12.8 Å². The molecule has 0 unspecified atom stereocenters. The zero-order chi connectivity index (χ0) is 14.9. The second kappa shape index (κ2) is 6.01. The molecule has 0 aliphatic heterocycles. The van der Waals surface area contributed by atoms with Crippen LogP contribution in [0.4, 0.5) is 0 Å². The van der Waals surface area contributed by atoms with E-state index in [9.17, 15) is 4.79 Å². The Hall–Kier alpha value is -1.01. The van der Waals surface area contributed by atoms with Crippen LogP contribution in [0.3, 0.4) is 0 Å². The molecule has 0 saturated heterocycles. The maximum absolute atomic E-state index is 12.5. The van der Waals surface area contributed by atoms with Crippen molar-refractivity contribution in [1.82, 2.24) is 0 Å². The second-order valence-electron chi connectivity index (χ2n) is 5.93. The monoisotopic (exact) mass is 294 g/mol. The minimum Gasteiger partial charge on any atom is -0.359 e. The van der Waals surface area contributed by atoms with Gasteiger partial charge in [0.15, 0.2) is 5.78 Å². The normalized spacial score (nSPS) is 40.6. The average molecular weight is 294 g/mol. The van der Waals surface area contributed by atoms with Crippen LogP contribution in [0.15, 0.2) is 24.3 Å². The first-order chi connectivity index (χ1) is 10.2. The highest BCUT2D eigenvalue weighted by Crippen LogP contribution is 2.57. The molecule has 0 aromatic carbocycles. The van der Waals surface area contributed by atoms with Gasteiger partial charge in [-0.25, -0.2) is 0 Å². The van der Waals surface area contributed by atoms with Crippen molar-refractivity contribution in [2.45, 2.75) is 25.0 Å². The van der Waals surface area contributed by atoms with E-state index in [-0.39, 0.29) is 43.4 Å². The minimum atomic E-state index is -0.425.